The van der Waals surface area contributed by atoms with Gasteiger partial charge in [0.05, 0.1) is 11.3 Å². The average Bonchev–Trinajstić information content (AvgIpc) is 3.28. The third-order valence-corrected chi connectivity index (χ3v) is 10.7. The SMILES string of the molecule is C[C@@]1(O)CC[C@]2(C)C3CC[C@]4(C)C(c5cn6ccccc6n5)CCC4C3CC[C@H]2C1. The van der Waals surface area contributed by atoms with Crippen LogP contribution in [0, 0.1) is 34.5 Å². The minimum Gasteiger partial charge on any atom is -0.390 e. The average molecular weight is 407 g/mol. The van der Waals surface area contributed by atoms with E-state index in [9.17, 15) is 5.11 Å². The molecule has 4 unspecified atom stereocenters. The van der Waals surface area contributed by atoms with Crippen molar-refractivity contribution in [2.24, 2.45) is 34.5 Å². The van der Waals surface area contributed by atoms with E-state index >= 15 is 0 Å². The zero-order valence-electron chi connectivity index (χ0n) is 19.0. The molecule has 6 rings (SSSR count). The lowest BCUT2D eigenvalue weighted by Crippen LogP contribution is -2.55. The summed E-state index contributed by atoms with van der Waals surface area (Å²) in [5, 5.41) is 10.7. The molecule has 0 saturated heterocycles. The molecule has 2 aromatic rings. The van der Waals surface area contributed by atoms with Gasteiger partial charge in [-0.15, -0.1) is 0 Å². The summed E-state index contributed by atoms with van der Waals surface area (Å²) < 4.78 is 2.21. The number of hydrogen-bond donors (Lipinski definition) is 1. The third-order valence-electron chi connectivity index (χ3n) is 10.7. The summed E-state index contributed by atoms with van der Waals surface area (Å²) in [4.78, 5) is 5.07. The summed E-state index contributed by atoms with van der Waals surface area (Å²) in [6.07, 6.45) is 15.8. The zero-order valence-corrected chi connectivity index (χ0v) is 19.0. The van der Waals surface area contributed by atoms with Crippen LogP contribution in [0.1, 0.15) is 90.2 Å². The predicted octanol–water partition coefficient (Wildman–Crippen LogP) is 6.21. The van der Waals surface area contributed by atoms with Crippen LogP contribution in [0.4, 0.5) is 0 Å². The van der Waals surface area contributed by atoms with E-state index in [1.54, 1.807) is 0 Å². The summed E-state index contributed by atoms with van der Waals surface area (Å²) >= 11 is 0. The Balaban J connectivity index is 1.30. The molecule has 0 bridgehead atoms. The van der Waals surface area contributed by atoms with Gasteiger partial charge >= 0.3 is 0 Å². The topological polar surface area (TPSA) is 37.5 Å². The van der Waals surface area contributed by atoms with Gasteiger partial charge in [0.2, 0.25) is 0 Å². The lowest BCUT2D eigenvalue weighted by atomic mass is 9.44. The van der Waals surface area contributed by atoms with Crippen LogP contribution in [0.25, 0.3) is 5.65 Å². The molecule has 0 aliphatic heterocycles. The van der Waals surface area contributed by atoms with Crippen molar-refractivity contribution in [2.75, 3.05) is 0 Å². The maximum Gasteiger partial charge on any atom is 0.136 e. The lowest BCUT2D eigenvalue weighted by Gasteiger charge is -2.61. The molecule has 162 valence electrons. The Morgan fingerprint density at radius 1 is 0.933 bits per heavy atom. The lowest BCUT2D eigenvalue weighted by molar-refractivity contribution is -0.143. The van der Waals surface area contributed by atoms with Crippen molar-refractivity contribution in [1.29, 1.82) is 0 Å². The Hall–Kier alpha value is -1.35. The number of hydrogen-bond acceptors (Lipinski definition) is 2. The van der Waals surface area contributed by atoms with Gasteiger partial charge in [-0.3, -0.25) is 0 Å². The number of aromatic nitrogens is 2. The van der Waals surface area contributed by atoms with Crippen molar-refractivity contribution in [2.45, 2.75) is 90.1 Å². The third kappa shape index (κ3) is 2.63. The van der Waals surface area contributed by atoms with Crippen molar-refractivity contribution in [1.82, 2.24) is 9.38 Å². The molecule has 0 spiro atoms. The predicted molar refractivity (Wildman–Crippen MR) is 120 cm³/mol. The van der Waals surface area contributed by atoms with Gasteiger partial charge in [0, 0.05) is 18.3 Å². The van der Waals surface area contributed by atoms with E-state index in [2.05, 4.69) is 55.8 Å². The molecule has 3 nitrogen and oxygen atoms in total. The molecule has 3 heteroatoms. The van der Waals surface area contributed by atoms with Gasteiger partial charge in [0.25, 0.3) is 0 Å². The molecule has 1 N–H and O–H groups in total. The fraction of sp³-hybridized carbons (Fsp3) is 0.741. The maximum absolute atomic E-state index is 10.7. The van der Waals surface area contributed by atoms with Crippen molar-refractivity contribution >= 4 is 5.65 Å². The molecule has 4 aliphatic carbocycles. The van der Waals surface area contributed by atoms with Crippen molar-refractivity contribution in [3.05, 3.63) is 36.3 Å². The van der Waals surface area contributed by atoms with E-state index in [4.69, 9.17) is 4.98 Å². The summed E-state index contributed by atoms with van der Waals surface area (Å²) in [7, 11) is 0. The summed E-state index contributed by atoms with van der Waals surface area (Å²) in [6.45, 7) is 7.28. The van der Waals surface area contributed by atoms with Gasteiger partial charge in [-0.1, -0.05) is 19.9 Å². The minimum absolute atomic E-state index is 0.405. The first kappa shape index (κ1) is 19.3. The Morgan fingerprint density at radius 2 is 1.77 bits per heavy atom. The highest BCUT2D eigenvalue weighted by Crippen LogP contribution is 2.69. The van der Waals surface area contributed by atoms with Crippen molar-refractivity contribution in [3.63, 3.8) is 0 Å². The van der Waals surface area contributed by atoms with Crippen LogP contribution < -0.4 is 0 Å². The van der Waals surface area contributed by atoms with Crippen LogP contribution in [-0.2, 0) is 0 Å². The van der Waals surface area contributed by atoms with Gasteiger partial charge in [-0.2, -0.15) is 0 Å². The first-order valence-electron chi connectivity index (χ1n) is 12.5. The summed E-state index contributed by atoms with van der Waals surface area (Å²) in [6, 6.07) is 6.33. The first-order chi connectivity index (χ1) is 14.3. The molecule has 0 amide bonds. The zero-order chi connectivity index (χ0) is 20.7. The fourth-order valence-corrected chi connectivity index (χ4v) is 9.04. The summed E-state index contributed by atoms with van der Waals surface area (Å²) in [5.74, 6) is 3.94. The number of pyridine rings is 1. The minimum atomic E-state index is -0.429. The van der Waals surface area contributed by atoms with Crippen LogP contribution in [0.5, 0.6) is 0 Å². The van der Waals surface area contributed by atoms with E-state index in [-0.39, 0.29) is 0 Å². The molecular formula is C27H38N2O. The Morgan fingerprint density at radius 3 is 2.60 bits per heavy atom. The van der Waals surface area contributed by atoms with Gasteiger partial charge in [0.15, 0.2) is 0 Å². The summed E-state index contributed by atoms with van der Waals surface area (Å²) in [5.41, 5.74) is 2.85. The number of nitrogens with zero attached hydrogens (tertiary/aromatic N) is 2. The van der Waals surface area contributed by atoms with Gasteiger partial charge in [-0.25, -0.2) is 4.98 Å². The van der Waals surface area contributed by atoms with Gasteiger partial charge in [0.1, 0.15) is 5.65 Å². The molecule has 8 atom stereocenters. The second-order valence-electron chi connectivity index (χ2n) is 12.2. The van der Waals surface area contributed by atoms with Gasteiger partial charge in [-0.05, 0) is 111 Å². The first-order valence-corrected chi connectivity index (χ1v) is 12.5. The van der Waals surface area contributed by atoms with Crippen LogP contribution in [0.3, 0.4) is 0 Å². The highest BCUT2D eigenvalue weighted by molar-refractivity contribution is 5.40. The molecule has 4 aliphatic rings. The quantitative estimate of drug-likeness (QED) is 0.611. The second-order valence-corrected chi connectivity index (χ2v) is 12.2. The van der Waals surface area contributed by atoms with Crippen molar-refractivity contribution in [3.8, 4) is 0 Å². The van der Waals surface area contributed by atoms with Crippen LogP contribution in [0.2, 0.25) is 0 Å². The largest absolute Gasteiger partial charge is 0.390 e. The van der Waals surface area contributed by atoms with Gasteiger partial charge < -0.3 is 9.51 Å². The fourth-order valence-electron chi connectivity index (χ4n) is 9.04. The Kier molecular flexibility index (Phi) is 4.09. The molecular weight excluding hydrogens is 368 g/mol. The van der Waals surface area contributed by atoms with E-state index in [1.165, 1.54) is 50.6 Å². The molecule has 30 heavy (non-hydrogen) atoms. The molecule has 2 heterocycles. The highest BCUT2D eigenvalue weighted by atomic mass is 16.3. The van der Waals surface area contributed by atoms with E-state index in [1.807, 2.05) is 0 Å². The molecule has 4 saturated carbocycles. The normalized spacial score (nSPS) is 48.2. The second kappa shape index (κ2) is 6.34. The maximum atomic E-state index is 10.7. The van der Waals surface area contributed by atoms with E-state index < -0.39 is 5.60 Å². The number of rotatable bonds is 1. The van der Waals surface area contributed by atoms with E-state index in [0.29, 0.717) is 16.7 Å². The molecule has 4 fully saturated rings. The monoisotopic (exact) mass is 406 g/mol. The van der Waals surface area contributed by atoms with E-state index in [0.717, 1.165) is 42.2 Å². The number of imidazole rings is 1. The number of fused-ring (bicyclic) bond motifs is 6. The molecule has 0 radical (unpaired) electrons. The highest BCUT2D eigenvalue weighted by Gasteiger charge is 2.61. The molecule has 2 aromatic heterocycles. The van der Waals surface area contributed by atoms with Crippen LogP contribution in [-0.4, -0.2) is 20.1 Å². The standard InChI is InChI=1S/C27H38N2O/c1-25(30)13-14-26(2)18(16-25)7-8-19-20-9-10-22(27(20,3)12-11-21(19)26)23-17-29-15-5-4-6-24(29)28-23/h4-6,15,17-22,30H,7-14,16H2,1-3H3/t18-,19?,20?,21?,22?,25+,26-,27-/m0/s1. The number of aliphatic hydroxyl groups is 1. The van der Waals surface area contributed by atoms with Crippen LogP contribution >= 0.6 is 0 Å². The van der Waals surface area contributed by atoms with Crippen LogP contribution in [0.15, 0.2) is 30.6 Å². The smallest absolute Gasteiger partial charge is 0.136 e. The Labute approximate surface area is 181 Å². The Bertz CT molecular complexity index is 930. The molecule has 0 aromatic carbocycles. The van der Waals surface area contributed by atoms with Crippen molar-refractivity contribution < 1.29 is 5.11 Å².